The first-order valence-electron chi connectivity index (χ1n) is 8.42. The molecule has 0 aliphatic rings. The van der Waals surface area contributed by atoms with Gasteiger partial charge in [-0.25, -0.2) is 0 Å². The number of fused-ring (bicyclic) bond motifs is 2. The fourth-order valence-electron chi connectivity index (χ4n) is 3.13. The molecule has 126 valence electrons. The number of pyridine rings is 1. The molecule has 6 nitrogen and oxygen atoms in total. The number of carbonyl (C=O) groups excluding carboxylic acids is 1. The Labute approximate surface area is 145 Å². The third-order valence-electron chi connectivity index (χ3n) is 4.39. The van der Waals surface area contributed by atoms with Crippen molar-refractivity contribution in [2.45, 2.75) is 19.9 Å². The molecule has 0 aliphatic heterocycles. The first-order chi connectivity index (χ1) is 12.3. The van der Waals surface area contributed by atoms with Gasteiger partial charge in [-0.1, -0.05) is 24.3 Å². The Kier molecular flexibility index (Phi) is 3.93. The molecule has 4 rings (SSSR count). The number of benzene rings is 1. The maximum atomic E-state index is 12.6. The van der Waals surface area contributed by atoms with Crippen LogP contribution in [0.2, 0.25) is 0 Å². The van der Waals surface area contributed by atoms with Gasteiger partial charge in [-0.15, -0.1) is 10.2 Å². The first-order valence-corrected chi connectivity index (χ1v) is 8.42. The normalized spacial score (nSPS) is 11.2. The molecule has 0 saturated carbocycles. The zero-order valence-corrected chi connectivity index (χ0v) is 14.0. The summed E-state index contributed by atoms with van der Waals surface area (Å²) in [5.74, 6) is 0.782. The second-order valence-electron chi connectivity index (χ2n) is 5.90. The fraction of sp³-hybridized carbons (Fsp3) is 0.211. The molecule has 0 atom stereocenters. The lowest BCUT2D eigenvalue weighted by molar-refractivity contribution is 0.0955. The van der Waals surface area contributed by atoms with Crippen LogP contribution in [0.4, 0.5) is 0 Å². The molecule has 1 N–H and O–H groups in total. The highest BCUT2D eigenvalue weighted by Gasteiger charge is 2.14. The van der Waals surface area contributed by atoms with Crippen LogP contribution in [-0.4, -0.2) is 31.6 Å². The van der Waals surface area contributed by atoms with E-state index < -0.39 is 0 Å². The number of amides is 1. The van der Waals surface area contributed by atoms with E-state index in [1.807, 2.05) is 59.3 Å². The van der Waals surface area contributed by atoms with Crippen molar-refractivity contribution in [3.8, 4) is 0 Å². The lowest BCUT2D eigenvalue weighted by Crippen LogP contribution is -2.26. The average molecular weight is 333 g/mol. The summed E-state index contributed by atoms with van der Waals surface area (Å²) in [5, 5.41) is 12.3. The van der Waals surface area contributed by atoms with Crippen LogP contribution in [0.1, 0.15) is 23.1 Å². The molecule has 1 amide bonds. The Bertz CT molecular complexity index is 1050. The molecule has 0 unspecified atom stereocenters. The molecule has 0 bridgehead atoms. The van der Waals surface area contributed by atoms with E-state index in [2.05, 4.69) is 27.0 Å². The first kappa shape index (κ1) is 15.4. The van der Waals surface area contributed by atoms with Gasteiger partial charge in [0.1, 0.15) is 5.82 Å². The number of rotatable bonds is 5. The predicted octanol–water partition coefficient (Wildman–Crippen LogP) is 2.68. The molecular weight excluding hydrogens is 314 g/mol. The molecule has 0 spiro atoms. The van der Waals surface area contributed by atoms with Crippen LogP contribution in [0.5, 0.6) is 0 Å². The van der Waals surface area contributed by atoms with Crippen LogP contribution < -0.4 is 5.32 Å². The molecular formula is C19H19N5O. The van der Waals surface area contributed by atoms with E-state index in [0.29, 0.717) is 18.5 Å². The number of aromatic nitrogens is 4. The second kappa shape index (κ2) is 6.39. The van der Waals surface area contributed by atoms with Crippen molar-refractivity contribution < 1.29 is 4.79 Å². The number of aryl methyl sites for hydroxylation is 1. The third-order valence-corrected chi connectivity index (χ3v) is 4.39. The van der Waals surface area contributed by atoms with Crippen LogP contribution in [-0.2, 0) is 13.0 Å². The number of hydrogen-bond donors (Lipinski definition) is 1. The highest BCUT2D eigenvalue weighted by Crippen LogP contribution is 2.21. The van der Waals surface area contributed by atoms with Crippen molar-refractivity contribution in [2.75, 3.05) is 6.54 Å². The smallest absolute Gasteiger partial charge is 0.253 e. The van der Waals surface area contributed by atoms with Crippen molar-refractivity contribution in [1.29, 1.82) is 0 Å². The molecule has 6 heteroatoms. The van der Waals surface area contributed by atoms with Gasteiger partial charge in [0.25, 0.3) is 5.91 Å². The highest BCUT2D eigenvalue weighted by atomic mass is 16.1. The Morgan fingerprint density at radius 3 is 2.84 bits per heavy atom. The summed E-state index contributed by atoms with van der Waals surface area (Å²) >= 11 is 0. The maximum absolute atomic E-state index is 12.6. The molecule has 1 aromatic carbocycles. The monoisotopic (exact) mass is 333 g/mol. The number of hydrogen-bond acceptors (Lipinski definition) is 3. The van der Waals surface area contributed by atoms with Gasteiger partial charge in [0.05, 0.1) is 5.56 Å². The van der Waals surface area contributed by atoms with E-state index in [9.17, 15) is 4.79 Å². The number of nitrogens with zero attached hydrogens (tertiary/aromatic N) is 4. The summed E-state index contributed by atoms with van der Waals surface area (Å²) in [5.41, 5.74) is 2.61. The summed E-state index contributed by atoms with van der Waals surface area (Å²) in [4.78, 5) is 12.6. The number of nitrogens with one attached hydrogen (secondary N) is 1. The largest absolute Gasteiger partial charge is 0.352 e. The summed E-state index contributed by atoms with van der Waals surface area (Å²) in [6.45, 7) is 3.42. The van der Waals surface area contributed by atoms with Crippen LogP contribution in [0.3, 0.4) is 0 Å². The second-order valence-corrected chi connectivity index (χ2v) is 5.90. The molecule has 0 saturated heterocycles. The van der Waals surface area contributed by atoms with Gasteiger partial charge in [0.15, 0.2) is 5.65 Å². The van der Waals surface area contributed by atoms with Gasteiger partial charge in [0, 0.05) is 42.8 Å². The van der Waals surface area contributed by atoms with E-state index >= 15 is 0 Å². The average Bonchev–Trinajstić information content (AvgIpc) is 3.23. The predicted molar refractivity (Wildman–Crippen MR) is 96.6 cm³/mol. The van der Waals surface area contributed by atoms with Gasteiger partial charge >= 0.3 is 0 Å². The summed E-state index contributed by atoms with van der Waals surface area (Å²) in [7, 11) is 0. The maximum Gasteiger partial charge on any atom is 0.253 e. The molecule has 0 fully saturated rings. The quantitative estimate of drug-likeness (QED) is 0.611. The minimum absolute atomic E-state index is 0.0581. The van der Waals surface area contributed by atoms with E-state index in [1.54, 1.807) is 0 Å². The van der Waals surface area contributed by atoms with Gasteiger partial charge in [-0.05, 0) is 25.1 Å². The zero-order chi connectivity index (χ0) is 17.2. The van der Waals surface area contributed by atoms with Crippen molar-refractivity contribution in [2.24, 2.45) is 0 Å². The van der Waals surface area contributed by atoms with Crippen molar-refractivity contribution in [3.63, 3.8) is 0 Å². The Morgan fingerprint density at radius 2 is 1.96 bits per heavy atom. The van der Waals surface area contributed by atoms with Gasteiger partial charge < -0.3 is 9.88 Å². The van der Waals surface area contributed by atoms with E-state index in [-0.39, 0.29) is 5.91 Å². The van der Waals surface area contributed by atoms with E-state index in [4.69, 9.17) is 0 Å². The SMILES string of the molecule is CCn1cc(C(=O)NCCc2nnc3ccccn23)c2ccccc21. The Hall–Kier alpha value is -3.15. The molecule has 4 aromatic rings. The molecule has 0 radical (unpaired) electrons. The standard InChI is InChI=1S/C19H19N5O/c1-2-23-13-15(14-7-3-4-8-16(14)23)19(25)20-11-10-18-22-21-17-9-5-6-12-24(17)18/h3-9,12-13H,2,10-11H2,1H3,(H,20,25). The van der Waals surface area contributed by atoms with Crippen LogP contribution in [0.25, 0.3) is 16.6 Å². The van der Waals surface area contributed by atoms with Crippen LogP contribution in [0, 0.1) is 0 Å². The van der Waals surface area contributed by atoms with Crippen LogP contribution in [0.15, 0.2) is 54.9 Å². The summed E-state index contributed by atoms with van der Waals surface area (Å²) in [6.07, 6.45) is 4.48. The highest BCUT2D eigenvalue weighted by molar-refractivity contribution is 6.07. The van der Waals surface area contributed by atoms with Crippen LogP contribution >= 0.6 is 0 Å². The molecule has 3 heterocycles. The number of para-hydroxylation sites is 1. The molecule has 3 aromatic heterocycles. The van der Waals surface area contributed by atoms with Crippen molar-refractivity contribution in [3.05, 3.63) is 66.2 Å². The summed E-state index contributed by atoms with van der Waals surface area (Å²) in [6, 6.07) is 13.8. The van der Waals surface area contributed by atoms with E-state index in [0.717, 1.165) is 28.9 Å². The molecule has 25 heavy (non-hydrogen) atoms. The lowest BCUT2D eigenvalue weighted by atomic mass is 10.1. The van der Waals surface area contributed by atoms with Gasteiger partial charge in [-0.3, -0.25) is 9.20 Å². The van der Waals surface area contributed by atoms with Gasteiger partial charge in [0.2, 0.25) is 0 Å². The lowest BCUT2D eigenvalue weighted by Gasteiger charge is -2.04. The van der Waals surface area contributed by atoms with Gasteiger partial charge in [-0.2, -0.15) is 0 Å². The fourth-order valence-corrected chi connectivity index (χ4v) is 3.13. The van der Waals surface area contributed by atoms with Crippen molar-refractivity contribution in [1.82, 2.24) is 24.5 Å². The van der Waals surface area contributed by atoms with E-state index in [1.165, 1.54) is 0 Å². The topological polar surface area (TPSA) is 64.2 Å². The Morgan fingerprint density at radius 1 is 1.12 bits per heavy atom. The minimum atomic E-state index is -0.0581. The zero-order valence-electron chi connectivity index (χ0n) is 14.0. The van der Waals surface area contributed by atoms with Crippen molar-refractivity contribution >= 4 is 22.5 Å². The third kappa shape index (κ3) is 2.76. The summed E-state index contributed by atoms with van der Waals surface area (Å²) < 4.78 is 4.03. The molecule has 0 aliphatic carbocycles. The Balaban J connectivity index is 1.49. The minimum Gasteiger partial charge on any atom is -0.352 e. The number of carbonyl (C=O) groups is 1.